The Bertz CT molecular complexity index is 208. The van der Waals surface area contributed by atoms with E-state index in [4.69, 9.17) is 0 Å². The molecule has 1 aliphatic heterocycles. The maximum atomic E-state index is 11.2. The summed E-state index contributed by atoms with van der Waals surface area (Å²) >= 11 is 4.12. The van der Waals surface area contributed by atoms with E-state index in [1.807, 2.05) is 0 Å². The van der Waals surface area contributed by atoms with E-state index in [1.54, 1.807) is 4.90 Å². The van der Waals surface area contributed by atoms with Gasteiger partial charge in [0.05, 0.1) is 10.8 Å². The first-order valence-corrected chi connectivity index (χ1v) is 5.91. The highest BCUT2D eigenvalue weighted by Crippen LogP contribution is 2.18. The lowest BCUT2D eigenvalue weighted by molar-refractivity contribution is -0.127. The van der Waals surface area contributed by atoms with Gasteiger partial charge in [-0.25, -0.2) is 0 Å². The van der Waals surface area contributed by atoms with Crippen molar-refractivity contribution < 1.29 is 9.00 Å². The van der Waals surface area contributed by atoms with Gasteiger partial charge in [-0.2, -0.15) is 0 Å². The average Bonchev–Trinajstić information content (AvgIpc) is 2.25. The molecule has 12 heavy (non-hydrogen) atoms. The topological polar surface area (TPSA) is 37.4 Å². The second-order valence-electron chi connectivity index (χ2n) is 2.79. The van der Waals surface area contributed by atoms with Crippen molar-refractivity contribution in [3.05, 3.63) is 0 Å². The van der Waals surface area contributed by atoms with Gasteiger partial charge in [0.15, 0.2) is 4.71 Å². The van der Waals surface area contributed by atoms with E-state index in [2.05, 4.69) is 19.6 Å². The van der Waals surface area contributed by atoms with Crippen LogP contribution in [0.4, 0.5) is 0 Å². The van der Waals surface area contributed by atoms with Crippen LogP contribution in [0, 0.1) is 0 Å². The summed E-state index contributed by atoms with van der Waals surface area (Å²) in [5.41, 5.74) is 0. The smallest absolute Gasteiger partial charge is 0.236 e. The van der Waals surface area contributed by atoms with Crippen LogP contribution in [-0.2, 0) is 15.6 Å². The summed E-state index contributed by atoms with van der Waals surface area (Å²) in [4.78, 5) is 12.8. The highest BCUT2D eigenvalue weighted by molar-refractivity contribution is 8.01. The van der Waals surface area contributed by atoms with Crippen molar-refractivity contribution in [2.75, 3.05) is 12.3 Å². The fourth-order valence-electron chi connectivity index (χ4n) is 1.11. The minimum Gasteiger partial charge on any atom is -0.319 e. The van der Waals surface area contributed by atoms with Crippen molar-refractivity contribution in [1.29, 1.82) is 0 Å². The number of carbonyl (C=O) groups excluding carboxylic acids is 1. The normalized spacial score (nSPS) is 29.8. The summed E-state index contributed by atoms with van der Waals surface area (Å²) in [5, 5.41) is 0. The molecule has 1 aliphatic rings. The van der Waals surface area contributed by atoms with Crippen LogP contribution in [0.15, 0.2) is 0 Å². The zero-order valence-corrected chi connectivity index (χ0v) is 8.74. The number of nitrogens with zero attached hydrogens (tertiary/aromatic N) is 1. The van der Waals surface area contributed by atoms with E-state index in [9.17, 15) is 9.00 Å². The van der Waals surface area contributed by atoms with E-state index in [0.717, 1.165) is 12.8 Å². The van der Waals surface area contributed by atoms with Gasteiger partial charge in [-0.15, -0.1) is 12.6 Å². The number of thiol groups is 1. The molecule has 0 N–H and O–H groups in total. The Morgan fingerprint density at radius 1 is 1.75 bits per heavy atom. The third-order valence-corrected chi connectivity index (χ3v) is 4.08. The average molecular weight is 207 g/mol. The Morgan fingerprint density at radius 3 is 2.83 bits per heavy atom. The van der Waals surface area contributed by atoms with Crippen molar-refractivity contribution in [3.63, 3.8) is 0 Å². The van der Waals surface area contributed by atoms with Crippen LogP contribution in [0.25, 0.3) is 0 Å². The minimum atomic E-state index is -1.09. The first kappa shape index (κ1) is 10.1. The largest absolute Gasteiger partial charge is 0.319 e. The number of amides is 1. The van der Waals surface area contributed by atoms with Crippen LogP contribution in [-0.4, -0.2) is 32.0 Å². The monoisotopic (exact) mass is 207 g/mol. The van der Waals surface area contributed by atoms with Crippen molar-refractivity contribution in [2.24, 2.45) is 0 Å². The van der Waals surface area contributed by atoms with Crippen molar-refractivity contribution >= 4 is 29.3 Å². The molecular formula is C7H13NO2S2. The van der Waals surface area contributed by atoms with Gasteiger partial charge in [0.1, 0.15) is 5.75 Å². The van der Waals surface area contributed by atoms with Gasteiger partial charge in [0.2, 0.25) is 5.91 Å². The zero-order chi connectivity index (χ0) is 9.14. The van der Waals surface area contributed by atoms with Crippen LogP contribution in [0.5, 0.6) is 0 Å². The van der Waals surface area contributed by atoms with Gasteiger partial charge < -0.3 is 4.90 Å². The van der Waals surface area contributed by atoms with E-state index in [1.165, 1.54) is 0 Å². The summed E-state index contributed by atoms with van der Waals surface area (Å²) < 4.78 is 10.8. The molecule has 2 unspecified atom stereocenters. The number of carbonyl (C=O) groups is 1. The predicted octanol–water partition coefficient (Wildman–Crippen LogP) is 0.591. The molecule has 1 amide bonds. The molecule has 1 rings (SSSR count). The standard InChI is InChI=1S/C7H13NO2S2/c1-2-3-4-8-6(9)5-12(10)7(8)11/h7,11H,2-5H2,1H3. The lowest BCUT2D eigenvalue weighted by Gasteiger charge is -2.18. The van der Waals surface area contributed by atoms with Gasteiger partial charge in [0.25, 0.3) is 0 Å². The van der Waals surface area contributed by atoms with Gasteiger partial charge in [-0.3, -0.25) is 9.00 Å². The number of hydrogen-bond donors (Lipinski definition) is 1. The van der Waals surface area contributed by atoms with E-state index < -0.39 is 10.8 Å². The maximum absolute atomic E-state index is 11.2. The molecule has 0 radical (unpaired) electrons. The molecule has 0 aromatic carbocycles. The van der Waals surface area contributed by atoms with Crippen LogP contribution in [0.3, 0.4) is 0 Å². The lowest BCUT2D eigenvalue weighted by atomic mass is 10.3. The Morgan fingerprint density at radius 2 is 2.42 bits per heavy atom. The quantitative estimate of drug-likeness (QED) is 0.688. The molecule has 1 fully saturated rings. The first-order valence-electron chi connectivity index (χ1n) is 4.01. The second kappa shape index (κ2) is 4.28. The summed E-state index contributed by atoms with van der Waals surface area (Å²) in [6.07, 6.45) is 2.00. The van der Waals surface area contributed by atoms with Crippen LogP contribution in [0.1, 0.15) is 19.8 Å². The Balaban J connectivity index is 2.51. The molecule has 0 saturated carbocycles. The Hall–Kier alpha value is -0.0300. The third kappa shape index (κ3) is 2.01. The lowest BCUT2D eigenvalue weighted by Crippen LogP contribution is -2.31. The van der Waals surface area contributed by atoms with Gasteiger partial charge in [-0.05, 0) is 6.42 Å². The molecule has 1 saturated heterocycles. The van der Waals surface area contributed by atoms with Crippen LogP contribution >= 0.6 is 12.6 Å². The van der Waals surface area contributed by atoms with Crippen molar-refractivity contribution in [1.82, 2.24) is 4.90 Å². The Kier molecular flexibility index (Phi) is 3.58. The van der Waals surface area contributed by atoms with Crippen LogP contribution in [0.2, 0.25) is 0 Å². The highest BCUT2D eigenvalue weighted by atomic mass is 32.2. The fourth-order valence-corrected chi connectivity index (χ4v) is 2.64. The first-order chi connectivity index (χ1) is 5.66. The minimum absolute atomic E-state index is 0.0261. The maximum Gasteiger partial charge on any atom is 0.236 e. The molecule has 0 aromatic rings. The molecule has 0 bridgehead atoms. The fraction of sp³-hybridized carbons (Fsp3) is 0.857. The van der Waals surface area contributed by atoms with E-state index >= 15 is 0 Å². The second-order valence-corrected chi connectivity index (χ2v) is 5.13. The SMILES string of the molecule is CCCCN1C(=O)CS(=O)C1S. The zero-order valence-electron chi connectivity index (χ0n) is 7.02. The molecule has 70 valence electrons. The van der Waals surface area contributed by atoms with Crippen molar-refractivity contribution in [2.45, 2.75) is 24.5 Å². The van der Waals surface area contributed by atoms with E-state index in [0.29, 0.717) is 6.54 Å². The van der Waals surface area contributed by atoms with Gasteiger partial charge in [-0.1, -0.05) is 13.3 Å². The molecular weight excluding hydrogens is 194 g/mol. The van der Waals surface area contributed by atoms with Gasteiger partial charge >= 0.3 is 0 Å². The summed E-state index contributed by atoms with van der Waals surface area (Å²) in [6, 6.07) is 0. The molecule has 0 spiro atoms. The number of rotatable bonds is 3. The molecule has 2 atom stereocenters. The van der Waals surface area contributed by atoms with Crippen LogP contribution < -0.4 is 0 Å². The summed E-state index contributed by atoms with van der Waals surface area (Å²) in [7, 11) is -1.09. The predicted molar refractivity (Wildman–Crippen MR) is 52.4 cm³/mol. The third-order valence-electron chi connectivity index (χ3n) is 1.84. The molecule has 5 heteroatoms. The number of unbranched alkanes of at least 4 members (excludes halogenated alkanes) is 1. The summed E-state index contributed by atoms with van der Waals surface area (Å²) in [5.74, 6) is 0.125. The molecule has 1 heterocycles. The molecule has 0 aromatic heterocycles. The molecule has 0 aliphatic carbocycles. The summed E-state index contributed by atoms with van der Waals surface area (Å²) in [6.45, 7) is 2.75. The van der Waals surface area contributed by atoms with E-state index in [-0.39, 0.29) is 16.4 Å². The molecule has 3 nitrogen and oxygen atoms in total. The van der Waals surface area contributed by atoms with Crippen molar-refractivity contribution in [3.8, 4) is 0 Å². The number of hydrogen-bond acceptors (Lipinski definition) is 3. The Labute approximate surface area is 80.4 Å². The van der Waals surface area contributed by atoms with Gasteiger partial charge in [0, 0.05) is 6.54 Å². The highest BCUT2D eigenvalue weighted by Gasteiger charge is 2.33.